The second-order valence-corrected chi connectivity index (χ2v) is 6.66. The molecule has 1 aromatic carbocycles. The third-order valence-electron chi connectivity index (χ3n) is 3.36. The maximum Gasteiger partial charge on any atom is 0.175 e. The van der Waals surface area contributed by atoms with Gasteiger partial charge in [-0.3, -0.25) is 0 Å². The minimum absolute atomic E-state index is 0.0826. The van der Waals surface area contributed by atoms with E-state index in [1.165, 1.54) is 4.88 Å². The van der Waals surface area contributed by atoms with Gasteiger partial charge in [-0.1, -0.05) is 6.07 Å². The number of halogens is 1. The number of nitrogens with two attached hydrogens (primary N) is 1. The molecule has 0 saturated carbocycles. The summed E-state index contributed by atoms with van der Waals surface area (Å²) in [6.45, 7) is 2.50. The van der Waals surface area contributed by atoms with Crippen LogP contribution in [0, 0.1) is 0 Å². The van der Waals surface area contributed by atoms with Crippen molar-refractivity contribution in [3.8, 4) is 11.5 Å². The zero-order chi connectivity index (χ0) is 14.7. The molecule has 0 saturated heterocycles. The van der Waals surface area contributed by atoms with Gasteiger partial charge in [-0.25, -0.2) is 0 Å². The van der Waals surface area contributed by atoms with Crippen molar-refractivity contribution < 1.29 is 9.47 Å². The normalized spacial score (nSPS) is 15.0. The van der Waals surface area contributed by atoms with Crippen molar-refractivity contribution in [3.63, 3.8) is 0 Å². The lowest BCUT2D eigenvalue weighted by atomic mass is 10.1. The van der Waals surface area contributed by atoms with Crippen molar-refractivity contribution >= 4 is 27.3 Å². The van der Waals surface area contributed by atoms with Crippen molar-refractivity contribution in [1.29, 1.82) is 0 Å². The largest absolute Gasteiger partial charge is 0.486 e. The Morgan fingerprint density at radius 1 is 1.33 bits per heavy atom. The SMILES string of the molecule is NCC(NCc1cccs1)c1cc(Br)c2c(c1)OCCO2. The molecule has 6 heteroatoms. The Kier molecular flexibility index (Phi) is 4.80. The topological polar surface area (TPSA) is 56.5 Å². The summed E-state index contributed by atoms with van der Waals surface area (Å²) in [5.41, 5.74) is 7.03. The first kappa shape index (κ1) is 14.8. The van der Waals surface area contributed by atoms with Crippen molar-refractivity contribution in [1.82, 2.24) is 5.32 Å². The highest BCUT2D eigenvalue weighted by molar-refractivity contribution is 9.10. The highest BCUT2D eigenvalue weighted by Gasteiger charge is 2.19. The van der Waals surface area contributed by atoms with Gasteiger partial charge < -0.3 is 20.5 Å². The molecule has 3 N–H and O–H groups in total. The molecule has 0 amide bonds. The monoisotopic (exact) mass is 368 g/mol. The Hall–Kier alpha value is -1.08. The summed E-state index contributed by atoms with van der Waals surface area (Å²) in [6, 6.07) is 8.31. The highest BCUT2D eigenvalue weighted by Crippen LogP contribution is 2.39. The van der Waals surface area contributed by atoms with E-state index in [2.05, 4.69) is 38.8 Å². The summed E-state index contributed by atoms with van der Waals surface area (Å²) < 4.78 is 12.2. The Labute approximate surface area is 136 Å². The lowest BCUT2D eigenvalue weighted by Crippen LogP contribution is -2.28. The fourth-order valence-corrected chi connectivity index (χ4v) is 3.54. The molecule has 4 nitrogen and oxygen atoms in total. The molecule has 1 aliphatic rings. The Balaban J connectivity index is 1.78. The smallest absolute Gasteiger partial charge is 0.175 e. The number of hydrogen-bond donors (Lipinski definition) is 2. The summed E-state index contributed by atoms with van der Waals surface area (Å²) in [5.74, 6) is 1.56. The fourth-order valence-electron chi connectivity index (χ4n) is 2.31. The molecule has 3 rings (SSSR count). The van der Waals surface area contributed by atoms with Gasteiger partial charge in [0.2, 0.25) is 0 Å². The summed E-state index contributed by atoms with van der Waals surface area (Å²) in [7, 11) is 0. The standard InChI is InChI=1S/C15H17BrN2O2S/c16-12-6-10(7-14-15(12)20-4-3-19-14)13(8-17)18-9-11-2-1-5-21-11/h1-2,5-7,13,18H,3-4,8-9,17H2. The van der Waals surface area contributed by atoms with Crippen LogP contribution in [0.15, 0.2) is 34.1 Å². The van der Waals surface area contributed by atoms with E-state index < -0.39 is 0 Å². The number of benzene rings is 1. The average molecular weight is 369 g/mol. The van der Waals surface area contributed by atoms with Gasteiger partial charge in [-0.15, -0.1) is 11.3 Å². The zero-order valence-corrected chi connectivity index (χ0v) is 13.9. The lowest BCUT2D eigenvalue weighted by molar-refractivity contribution is 0.170. The van der Waals surface area contributed by atoms with Gasteiger partial charge in [-0.2, -0.15) is 0 Å². The molecule has 0 bridgehead atoms. The van der Waals surface area contributed by atoms with Gasteiger partial charge in [0.15, 0.2) is 11.5 Å². The number of rotatable bonds is 5. The molecular formula is C15H17BrN2O2S. The number of thiophene rings is 1. The molecule has 2 heterocycles. The van der Waals surface area contributed by atoms with Crippen LogP contribution in [-0.4, -0.2) is 19.8 Å². The number of fused-ring (bicyclic) bond motifs is 1. The van der Waals surface area contributed by atoms with Crippen molar-refractivity contribution in [3.05, 3.63) is 44.6 Å². The van der Waals surface area contributed by atoms with E-state index in [-0.39, 0.29) is 6.04 Å². The predicted molar refractivity (Wildman–Crippen MR) is 88.1 cm³/mol. The summed E-state index contributed by atoms with van der Waals surface area (Å²) in [6.07, 6.45) is 0. The van der Waals surface area contributed by atoms with E-state index in [1.54, 1.807) is 11.3 Å². The molecule has 0 fully saturated rings. The van der Waals surface area contributed by atoms with Gasteiger partial charge in [0.05, 0.1) is 4.47 Å². The van der Waals surface area contributed by atoms with Gasteiger partial charge in [0, 0.05) is 24.0 Å². The quantitative estimate of drug-likeness (QED) is 0.851. The van der Waals surface area contributed by atoms with E-state index in [0.717, 1.165) is 28.1 Å². The maximum atomic E-state index is 5.92. The molecule has 0 aliphatic carbocycles. The van der Waals surface area contributed by atoms with Gasteiger partial charge in [0.1, 0.15) is 13.2 Å². The summed E-state index contributed by atoms with van der Waals surface area (Å²) in [5, 5.41) is 5.57. The molecule has 1 aliphatic heterocycles. The van der Waals surface area contributed by atoms with Crippen molar-refractivity contribution in [2.45, 2.75) is 12.6 Å². The van der Waals surface area contributed by atoms with E-state index in [0.29, 0.717) is 19.8 Å². The molecule has 1 aromatic heterocycles. The molecule has 0 spiro atoms. The van der Waals surface area contributed by atoms with Gasteiger partial charge in [-0.05, 0) is 45.1 Å². The zero-order valence-electron chi connectivity index (χ0n) is 11.5. The predicted octanol–water partition coefficient (Wildman–Crippen LogP) is 3.07. The van der Waals surface area contributed by atoms with Crippen LogP contribution < -0.4 is 20.5 Å². The molecule has 1 atom stereocenters. The lowest BCUT2D eigenvalue weighted by Gasteiger charge is -2.23. The van der Waals surface area contributed by atoms with E-state index in [4.69, 9.17) is 15.2 Å². The van der Waals surface area contributed by atoms with Gasteiger partial charge in [0.25, 0.3) is 0 Å². The average Bonchev–Trinajstić information content (AvgIpc) is 3.01. The first-order valence-electron chi connectivity index (χ1n) is 6.83. The van der Waals surface area contributed by atoms with Crippen LogP contribution >= 0.6 is 27.3 Å². The van der Waals surface area contributed by atoms with E-state index in [1.807, 2.05) is 12.1 Å². The molecule has 2 aromatic rings. The van der Waals surface area contributed by atoms with Crippen LogP contribution in [0.1, 0.15) is 16.5 Å². The molecule has 21 heavy (non-hydrogen) atoms. The second kappa shape index (κ2) is 6.79. The van der Waals surface area contributed by atoms with Crippen LogP contribution in [0.2, 0.25) is 0 Å². The first-order chi connectivity index (χ1) is 10.3. The number of nitrogens with one attached hydrogen (secondary N) is 1. The first-order valence-corrected chi connectivity index (χ1v) is 8.50. The third-order valence-corrected chi connectivity index (χ3v) is 4.83. The molecule has 0 radical (unpaired) electrons. The number of hydrogen-bond acceptors (Lipinski definition) is 5. The summed E-state index contributed by atoms with van der Waals surface area (Å²) in [4.78, 5) is 1.30. The van der Waals surface area contributed by atoms with Crippen LogP contribution in [-0.2, 0) is 6.54 Å². The van der Waals surface area contributed by atoms with Crippen LogP contribution in [0.4, 0.5) is 0 Å². The molecule has 1 unspecified atom stereocenters. The van der Waals surface area contributed by atoms with Crippen molar-refractivity contribution in [2.75, 3.05) is 19.8 Å². The molecular weight excluding hydrogens is 352 g/mol. The Bertz CT molecular complexity index is 604. The van der Waals surface area contributed by atoms with Crippen LogP contribution in [0.25, 0.3) is 0 Å². The Morgan fingerprint density at radius 3 is 2.95 bits per heavy atom. The van der Waals surface area contributed by atoms with E-state index >= 15 is 0 Å². The van der Waals surface area contributed by atoms with E-state index in [9.17, 15) is 0 Å². The van der Waals surface area contributed by atoms with Crippen molar-refractivity contribution in [2.24, 2.45) is 5.73 Å². The molecule has 112 valence electrons. The maximum absolute atomic E-state index is 5.92. The minimum Gasteiger partial charge on any atom is -0.486 e. The second-order valence-electron chi connectivity index (χ2n) is 4.78. The van der Waals surface area contributed by atoms with Crippen LogP contribution in [0.5, 0.6) is 11.5 Å². The number of ether oxygens (including phenoxy) is 2. The van der Waals surface area contributed by atoms with Crippen LogP contribution in [0.3, 0.4) is 0 Å². The minimum atomic E-state index is 0.0826. The fraction of sp³-hybridized carbons (Fsp3) is 0.333. The van der Waals surface area contributed by atoms with Gasteiger partial charge >= 0.3 is 0 Å². The highest BCUT2D eigenvalue weighted by atomic mass is 79.9. The third kappa shape index (κ3) is 3.40. The summed E-state index contributed by atoms with van der Waals surface area (Å²) >= 11 is 5.29. The Morgan fingerprint density at radius 2 is 2.19 bits per heavy atom.